The molecule has 0 aliphatic rings. The number of hydrogen-bond acceptors (Lipinski definition) is 4. The minimum Gasteiger partial charge on any atom is -0.415 e. The zero-order valence-corrected chi connectivity index (χ0v) is 21.3. The second-order valence-electron chi connectivity index (χ2n) is 9.04. The molecule has 0 unspecified atom stereocenters. The van der Waals surface area contributed by atoms with Gasteiger partial charge in [-0.05, 0) is 26.1 Å². The van der Waals surface area contributed by atoms with E-state index < -0.39 is 8.32 Å². The molecule has 0 heterocycles. The van der Waals surface area contributed by atoms with Gasteiger partial charge < -0.3 is 18.6 Å². The van der Waals surface area contributed by atoms with E-state index in [9.17, 15) is 0 Å². The van der Waals surface area contributed by atoms with Crippen LogP contribution in [0.25, 0.3) is 0 Å². The lowest BCUT2D eigenvalue weighted by Crippen LogP contribution is -2.27. The smallest absolute Gasteiger partial charge is 0.183 e. The molecular weight excluding hydrogens is 380 g/mol. The Bertz CT molecular complexity index is 308. The van der Waals surface area contributed by atoms with Gasteiger partial charge in [0.05, 0.1) is 39.6 Å². The van der Waals surface area contributed by atoms with Crippen molar-refractivity contribution in [1.29, 1.82) is 0 Å². The molecule has 0 radical (unpaired) electrons. The molecule has 29 heavy (non-hydrogen) atoms. The van der Waals surface area contributed by atoms with E-state index in [1.54, 1.807) is 0 Å². The fourth-order valence-electron chi connectivity index (χ4n) is 3.17. The zero-order chi connectivity index (χ0) is 21.5. The summed E-state index contributed by atoms with van der Waals surface area (Å²) in [5.74, 6) is 0. The van der Waals surface area contributed by atoms with Crippen LogP contribution in [-0.2, 0) is 18.6 Å². The molecule has 0 aromatic heterocycles. The van der Waals surface area contributed by atoms with Crippen LogP contribution < -0.4 is 0 Å². The normalized spacial score (nSPS) is 12.0. The molecule has 4 nitrogen and oxygen atoms in total. The van der Waals surface area contributed by atoms with Gasteiger partial charge in [-0.15, -0.1) is 0 Å². The Morgan fingerprint density at radius 3 is 1.17 bits per heavy atom. The first kappa shape index (κ1) is 29.1. The lowest BCUT2D eigenvalue weighted by Gasteiger charge is -2.16. The summed E-state index contributed by atoms with van der Waals surface area (Å²) in [7, 11) is -1.40. The van der Waals surface area contributed by atoms with Crippen LogP contribution >= 0.6 is 0 Å². The predicted molar refractivity (Wildman–Crippen MR) is 127 cm³/mol. The van der Waals surface area contributed by atoms with Gasteiger partial charge in [0, 0.05) is 6.61 Å². The zero-order valence-electron chi connectivity index (χ0n) is 20.3. The van der Waals surface area contributed by atoms with Gasteiger partial charge in [0.1, 0.15) is 0 Å². The van der Waals surface area contributed by atoms with Crippen LogP contribution in [0.5, 0.6) is 0 Å². The van der Waals surface area contributed by atoms with Crippen molar-refractivity contribution in [2.45, 2.75) is 110 Å². The monoisotopic (exact) mass is 432 g/mol. The Labute approximate surface area is 183 Å². The standard InChI is InChI=1S/C24H52O4Si/c1-5-6-7-8-9-10-11-12-13-14-15-16-17-18-25-19-20-26-21-22-27-23-24-28-29(2,3)4/h5-24H2,1-4H3. The highest BCUT2D eigenvalue weighted by molar-refractivity contribution is 6.69. The molecule has 0 saturated carbocycles. The Morgan fingerprint density at radius 1 is 0.414 bits per heavy atom. The SMILES string of the molecule is CCCCCCCCCCCCCCCOCCOCCOCCO[Si](C)(C)C. The average molecular weight is 433 g/mol. The fraction of sp³-hybridized carbons (Fsp3) is 1.00. The lowest BCUT2D eigenvalue weighted by molar-refractivity contribution is 0.00834. The molecule has 0 rings (SSSR count). The highest BCUT2D eigenvalue weighted by Gasteiger charge is 2.12. The Morgan fingerprint density at radius 2 is 0.759 bits per heavy atom. The molecule has 0 spiro atoms. The van der Waals surface area contributed by atoms with Crippen molar-refractivity contribution in [1.82, 2.24) is 0 Å². The van der Waals surface area contributed by atoms with Crippen LogP contribution in [-0.4, -0.2) is 54.6 Å². The highest BCUT2D eigenvalue weighted by atomic mass is 28.4. The average Bonchev–Trinajstić information content (AvgIpc) is 2.67. The van der Waals surface area contributed by atoms with Crippen LogP contribution in [0.4, 0.5) is 0 Å². The summed E-state index contributed by atoms with van der Waals surface area (Å²) in [6.45, 7) is 13.7. The second-order valence-corrected chi connectivity index (χ2v) is 13.6. The van der Waals surface area contributed by atoms with Crippen molar-refractivity contribution in [2.75, 3.05) is 46.2 Å². The van der Waals surface area contributed by atoms with E-state index in [1.165, 1.54) is 83.5 Å². The first-order valence-electron chi connectivity index (χ1n) is 12.4. The molecule has 0 bridgehead atoms. The summed E-state index contributed by atoms with van der Waals surface area (Å²) in [5.41, 5.74) is 0. The van der Waals surface area contributed by atoms with E-state index in [0.29, 0.717) is 39.6 Å². The van der Waals surface area contributed by atoms with Gasteiger partial charge in [-0.1, -0.05) is 84.0 Å². The third-order valence-corrected chi connectivity index (χ3v) is 5.97. The van der Waals surface area contributed by atoms with Crippen LogP contribution in [0.2, 0.25) is 19.6 Å². The molecule has 0 amide bonds. The summed E-state index contributed by atoms with van der Waals surface area (Å²) in [4.78, 5) is 0. The Kier molecular flexibility index (Phi) is 22.8. The van der Waals surface area contributed by atoms with Gasteiger partial charge in [-0.3, -0.25) is 0 Å². The first-order valence-corrected chi connectivity index (χ1v) is 15.8. The quantitative estimate of drug-likeness (QED) is 0.122. The van der Waals surface area contributed by atoms with E-state index in [2.05, 4.69) is 26.6 Å². The predicted octanol–water partition coefficient (Wildman–Crippen LogP) is 6.98. The van der Waals surface area contributed by atoms with Crippen molar-refractivity contribution in [3.05, 3.63) is 0 Å². The summed E-state index contributed by atoms with van der Waals surface area (Å²) in [5, 5.41) is 0. The molecule has 0 atom stereocenters. The Hall–Kier alpha value is 0.0569. The van der Waals surface area contributed by atoms with Crippen molar-refractivity contribution in [3.8, 4) is 0 Å². The van der Waals surface area contributed by atoms with Crippen molar-refractivity contribution < 1.29 is 18.6 Å². The largest absolute Gasteiger partial charge is 0.415 e. The number of hydrogen-bond donors (Lipinski definition) is 0. The van der Waals surface area contributed by atoms with E-state index >= 15 is 0 Å². The number of rotatable bonds is 24. The van der Waals surface area contributed by atoms with Crippen molar-refractivity contribution in [2.24, 2.45) is 0 Å². The maximum atomic E-state index is 5.73. The van der Waals surface area contributed by atoms with E-state index in [4.69, 9.17) is 18.6 Å². The minimum atomic E-state index is -1.40. The molecular formula is C24H52O4Si. The third-order valence-electron chi connectivity index (χ3n) is 4.90. The van der Waals surface area contributed by atoms with Gasteiger partial charge in [-0.2, -0.15) is 0 Å². The van der Waals surface area contributed by atoms with Crippen LogP contribution in [0.3, 0.4) is 0 Å². The van der Waals surface area contributed by atoms with Gasteiger partial charge >= 0.3 is 0 Å². The molecule has 0 fully saturated rings. The first-order chi connectivity index (χ1) is 14.1. The van der Waals surface area contributed by atoms with E-state index in [1.807, 2.05) is 0 Å². The molecule has 0 aromatic carbocycles. The summed E-state index contributed by atoms with van der Waals surface area (Å²) >= 11 is 0. The van der Waals surface area contributed by atoms with Crippen molar-refractivity contribution in [3.63, 3.8) is 0 Å². The van der Waals surface area contributed by atoms with E-state index in [-0.39, 0.29) is 0 Å². The second kappa shape index (κ2) is 22.7. The molecule has 0 aliphatic carbocycles. The molecule has 0 N–H and O–H groups in total. The minimum absolute atomic E-state index is 0.633. The number of ether oxygens (including phenoxy) is 3. The van der Waals surface area contributed by atoms with Gasteiger partial charge in [-0.25, -0.2) is 0 Å². The molecule has 0 aromatic rings. The summed E-state index contributed by atoms with van der Waals surface area (Å²) in [6.07, 6.45) is 18.0. The van der Waals surface area contributed by atoms with Crippen LogP contribution in [0.15, 0.2) is 0 Å². The maximum absolute atomic E-state index is 5.73. The van der Waals surface area contributed by atoms with Crippen LogP contribution in [0.1, 0.15) is 90.4 Å². The van der Waals surface area contributed by atoms with E-state index in [0.717, 1.165) is 6.61 Å². The highest BCUT2D eigenvalue weighted by Crippen LogP contribution is 2.12. The van der Waals surface area contributed by atoms with Crippen molar-refractivity contribution >= 4 is 8.32 Å². The van der Waals surface area contributed by atoms with Gasteiger partial charge in [0.25, 0.3) is 0 Å². The Balaban J connectivity index is 3.02. The van der Waals surface area contributed by atoms with Gasteiger partial charge in [0.15, 0.2) is 8.32 Å². The summed E-state index contributed by atoms with van der Waals surface area (Å²) < 4.78 is 22.4. The molecule has 0 saturated heterocycles. The molecule has 5 heteroatoms. The third kappa shape index (κ3) is 28.1. The summed E-state index contributed by atoms with van der Waals surface area (Å²) in [6, 6.07) is 0. The molecule has 176 valence electrons. The fourth-order valence-corrected chi connectivity index (χ4v) is 3.87. The van der Waals surface area contributed by atoms with Gasteiger partial charge in [0.2, 0.25) is 0 Å². The van der Waals surface area contributed by atoms with Crippen LogP contribution in [0, 0.1) is 0 Å². The topological polar surface area (TPSA) is 36.9 Å². The molecule has 0 aliphatic heterocycles. The number of unbranched alkanes of at least 4 members (excludes halogenated alkanes) is 12. The maximum Gasteiger partial charge on any atom is 0.183 e. The lowest BCUT2D eigenvalue weighted by atomic mass is 10.0.